The van der Waals surface area contributed by atoms with E-state index in [4.69, 9.17) is 4.42 Å². The monoisotopic (exact) mass is 277 g/mol. The lowest BCUT2D eigenvalue weighted by Gasteiger charge is -2.30. The second-order valence-corrected chi connectivity index (χ2v) is 6.74. The fourth-order valence-electron chi connectivity index (χ4n) is 3.64. The summed E-state index contributed by atoms with van der Waals surface area (Å²) in [5, 5.41) is 3.42. The van der Waals surface area contributed by atoms with Gasteiger partial charge in [0.1, 0.15) is 6.26 Å². The van der Waals surface area contributed by atoms with E-state index in [1.807, 2.05) is 6.26 Å². The van der Waals surface area contributed by atoms with Gasteiger partial charge in [0.15, 0.2) is 0 Å². The molecule has 1 aromatic heterocycles. The number of rotatable bonds is 5. The maximum absolute atomic E-state index is 5.73. The summed E-state index contributed by atoms with van der Waals surface area (Å²) >= 11 is 0. The van der Waals surface area contributed by atoms with E-state index in [0.29, 0.717) is 12.0 Å². The van der Waals surface area contributed by atoms with E-state index in [1.165, 1.54) is 32.1 Å². The first-order valence-corrected chi connectivity index (χ1v) is 8.16. The molecular weight excluding hydrogens is 250 g/mol. The molecule has 0 bridgehead atoms. The van der Waals surface area contributed by atoms with Crippen molar-refractivity contribution >= 4 is 6.01 Å². The minimum absolute atomic E-state index is 0.669. The SMILES string of the molecule is CC(C)CNCc1coc(N2CCC3CCCCC32)n1. The van der Waals surface area contributed by atoms with E-state index in [9.17, 15) is 0 Å². The lowest BCUT2D eigenvalue weighted by Crippen LogP contribution is -2.34. The van der Waals surface area contributed by atoms with E-state index in [1.54, 1.807) is 0 Å². The van der Waals surface area contributed by atoms with Crippen LogP contribution in [0.1, 0.15) is 51.6 Å². The van der Waals surface area contributed by atoms with Crippen molar-refractivity contribution in [1.29, 1.82) is 0 Å². The van der Waals surface area contributed by atoms with Crippen LogP contribution in [0.15, 0.2) is 10.7 Å². The molecule has 2 fully saturated rings. The Morgan fingerprint density at radius 3 is 3.05 bits per heavy atom. The Balaban J connectivity index is 1.59. The molecule has 2 aliphatic rings. The highest BCUT2D eigenvalue weighted by molar-refractivity contribution is 5.32. The molecule has 4 nitrogen and oxygen atoms in total. The third-order valence-corrected chi connectivity index (χ3v) is 4.65. The summed E-state index contributed by atoms with van der Waals surface area (Å²) in [4.78, 5) is 7.09. The molecule has 0 spiro atoms. The van der Waals surface area contributed by atoms with Crippen LogP contribution in [0.5, 0.6) is 0 Å². The molecule has 0 radical (unpaired) electrons. The molecule has 2 unspecified atom stereocenters. The van der Waals surface area contributed by atoms with Gasteiger partial charge in [0.05, 0.1) is 5.69 Å². The highest BCUT2D eigenvalue weighted by Gasteiger charge is 2.37. The number of oxazole rings is 1. The van der Waals surface area contributed by atoms with Gasteiger partial charge in [-0.15, -0.1) is 0 Å². The first-order valence-electron chi connectivity index (χ1n) is 8.16. The molecule has 0 aromatic carbocycles. The van der Waals surface area contributed by atoms with Crippen molar-refractivity contribution in [2.75, 3.05) is 18.0 Å². The normalized spacial score (nSPS) is 26.2. The van der Waals surface area contributed by atoms with E-state index >= 15 is 0 Å². The average Bonchev–Trinajstić information content (AvgIpc) is 3.04. The van der Waals surface area contributed by atoms with Crippen molar-refractivity contribution in [3.8, 4) is 0 Å². The van der Waals surface area contributed by atoms with Crippen LogP contribution in [-0.2, 0) is 6.54 Å². The molecule has 2 heterocycles. The molecule has 0 amide bonds. The summed E-state index contributed by atoms with van der Waals surface area (Å²) < 4.78 is 5.73. The second-order valence-electron chi connectivity index (χ2n) is 6.74. The molecule has 4 heteroatoms. The minimum Gasteiger partial charge on any atom is -0.432 e. The zero-order valence-electron chi connectivity index (χ0n) is 12.8. The Morgan fingerprint density at radius 1 is 1.35 bits per heavy atom. The van der Waals surface area contributed by atoms with Gasteiger partial charge in [0.25, 0.3) is 6.01 Å². The molecular formula is C16H27N3O. The number of hydrogen-bond acceptors (Lipinski definition) is 4. The fraction of sp³-hybridized carbons (Fsp3) is 0.812. The lowest BCUT2D eigenvalue weighted by molar-refractivity contribution is 0.335. The topological polar surface area (TPSA) is 41.3 Å². The Kier molecular flexibility index (Phi) is 4.29. The van der Waals surface area contributed by atoms with Crippen molar-refractivity contribution in [3.05, 3.63) is 12.0 Å². The largest absolute Gasteiger partial charge is 0.432 e. The number of anilines is 1. The Labute approximate surface area is 121 Å². The van der Waals surface area contributed by atoms with Crippen molar-refractivity contribution < 1.29 is 4.42 Å². The number of fused-ring (bicyclic) bond motifs is 1. The van der Waals surface area contributed by atoms with E-state index in [-0.39, 0.29) is 0 Å². The van der Waals surface area contributed by atoms with Crippen LogP contribution < -0.4 is 10.2 Å². The smallest absolute Gasteiger partial charge is 0.297 e. The summed E-state index contributed by atoms with van der Waals surface area (Å²) in [5.41, 5.74) is 1.03. The van der Waals surface area contributed by atoms with Crippen LogP contribution in [0.4, 0.5) is 6.01 Å². The molecule has 1 aliphatic heterocycles. The molecule has 2 atom stereocenters. The molecule has 112 valence electrons. The van der Waals surface area contributed by atoms with Gasteiger partial charge in [-0.3, -0.25) is 0 Å². The highest BCUT2D eigenvalue weighted by Crippen LogP contribution is 2.38. The molecule has 3 rings (SSSR count). The van der Waals surface area contributed by atoms with Gasteiger partial charge in [-0.25, -0.2) is 0 Å². The Morgan fingerprint density at radius 2 is 2.20 bits per heavy atom. The zero-order valence-corrected chi connectivity index (χ0v) is 12.8. The average molecular weight is 277 g/mol. The lowest BCUT2D eigenvalue weighted by atomic mass is 9.85. The van der Waals surface area contributed by atoms with Gasteiger partial charge in [0, 0.05) is 19.1 Å². The molecule has 1 saturated carbocycles. The minimum atomic E-state index is 0.669. The summed E-state index contributed by atoms with van der Waals surface area (Å²) in [7, 11) is 0. The predicted octanol–water partition coefficient (Wildman–Crippen LogP) is 3.19. The van der Waals surface area contributed by atoms with Crippen LogP contribution in [0.25, 0.3) is 0 Å². The quantitative estimate of drug-likeness (QED) is 0.897. The third-order valence-electron chi connectivity index (χ3n) is 4.65. The van der Waals surface area contributed by atoms with Crippen LogP contribution in [0.2, 0.25) is 0 Å². The number of nitrogens with zero attached hydrogens (tertiary/aromatic N) is 2. The second kappa shape index (κ2) is 6.17. The van der Waals surface area contributed by atoms with Crippen LogP contribution >= 0.6 is 0 Å². The zero-order chi connectivity index (χ0) is 13.9. The highest BCUT2D eigenvalue weighted by atomic mass is 16.4. The number of aromatic nitrogens is 1. The standard InChI is InChI=1S/C16H27N3O/c1-12(2)9-17-10-14-11-20-16(18-14)19-8-7-13-5-3-4-6-15(13)19/h11-13,15,17H,3-10H2,1-2H3. The van der Waals surface area contributed by atoms with Crippen molar-refractivity contribution in [1.82, 2.24) is 10.3 Å². The van der Waals surface area contributed by atoms with E-state index in [0.717, 1.165) is 37.3 Å². The van der Waals surface area contributed by atoms with Gasteiger partial charge in [-0.05, 0) is 37.6 Å². The summed E-state index contributed by atoms with van der Waals surface area (Å²) in [6, 6.07) is 1.53. The Hall–Kier alpha value is -1.03. The fourth-order valence-corrected chi connectivity index (χ4v) is 3.64. The summed E-state index contributed by atoms with van der Waals surface area (Å²) in [6.07, 6.45) is 8.61. The summed E-state index contributed by atoms with van der Waals surface area (Å²) in [5.74, 6) is 1.54. The van der Waals surface area contributed by atoms with Gasteiger partial charge in [0.2, 0.25) is 0 Å². The van der Waals surface area contributed by atoms with Crippen LogP contribution in [0.3, 0.4) is 0 Å². The van der Waals surface area contributed by atoms with Gasteiger partial charge < -0.3 is 14.6 Å². The first kappa shape index (κ1) is 13.9. The first-order chi connectivity index (χ1) is 9.74. The molecule has 1 N–H and O–H groups in total. The van der Waals surface area contributed by atoms with E-state index in [2.05, 4.69) is 29.0 Å². The third kappa shape index (κ3) is 3.00. The van der Waals surface area contributed by atoms with Crippen molar-refractivity contribution in [3.63, 3.8) is 0 Å². The van der Waals surface area contributed by atoms with Crippen LogP contribution in [0, 0.1) is 11.8 Å². The molecule has 20 heavy (non-hydrogen) atoms. The van der Waals surface area contributed by atoms with Gasteiger partial charge in [-0.2, -0.15) is 4.98 Å². The Bertz CT molecular complexity index is 429. The van der Waals surface area contributed by atoms with Crippen molar-refractivity contribution in [2.45, 2.75) is 58.5 Å². The maximum Gasteiger partial charge on any atom is 0.297 e. The maximum atomic E-state index is 5.73. The number of hydrogen-bond donors (Lipinski definition) is 1. The predicted molar refractivity (Wildman–Crippen MR) is 80.8 cm³/mol. The van der Waals surface area contributed by atoms with Gasteiger partial charge >= 0.3 is 0 Å². The van der Waals surface area contributed by atoms with Gasteiger partial charge in [-0.1, -0.05) is 26.7 Å². The van der Waals surface area contributed by atoms with E-state index < -0.39 is 0 Å². The molecule has 1 aliphatic carbocycles. The molecule has 1 saturated heterocycles. The molecule has 1 aromatic rings. The van der Waals surface area contributed by atoms with Crippen LogP contribution in [-0.4, -0.2) is 24.1 Å². The van der Waals surface area contributed by atoms with Crippen molar-refractivity contribution in [2.24, 2.45) is 11.8 Å². The number of nitrogens with one attached hydrogen (secondary N) is 1. The summed E-state index contributed by atoms with van der Waals surface area (Å²) in [6.45, 7) is 7.39.